The average molecular weight is 401 g/mol. The average Bonchev–Trinajstić information content (AvgIpc) is 2.65. The van der Waals surface area contributed by atoms with Gasteiger partial charge in [-0.05, 0) is 49.6 Å². The van der Waals surface area contributed by atoms with E-state index in [4.69, 9.17) is 25.5 Å². The van der Waals surface area contributed by atoms with Gasteiger partial charge in [-0.3, -0.25) is 4.79 Å². The van der Waals surface area contributed by atoms with Crippen LogP contribution in [-0.2, 0) is 4.79 Å². The zero-order valence-corrected chi connectivity index (χ0v) is 15.8. The van der Waals surface area contributed by atoms with Crippen molar-refractivity contribution in [1.29, 1.82) is 0 Å². The number of carboxylic acids is 1. The van der Waals surface area contributed by atoms with E-state index in [9.17, 15) is 14.7 Å². The second-order valence-corrected chi connectivity index (χ2v) is 7.12. The summed E-state index contributed by atoms with van der Waals surface area (Å²) < 4.78 is 17.0. The Morgan fingerprint density at radius 2 is 1.96 bits per heavy atom. The first-order chi connectivity index (χ1) is 13.4. The molecule has 1 fully saturated rings. The van der Waals surface area contributed by atoms with Crippen LogP contribution >= 0.6 is 11.6 Å². The number of methoxy groups -OCH3 is 1. The van der Waals surface area contributed by atoms with E-state index in [0.717, 1.165) is 6.42 Å². The number of carbonyl (C=O) groups is 1. The van der Waals surface area contributed by atoms with Crippen molar-refractivity contribution >= 4 is 28.5 Å². The van der Waals surface area contributed by atoms with Gasteiger partial charge in [0.2, 0.25) is 5.60 Å². The lowest BCUT2D eigenvalue weighted by Gasteiger charge is -2.38. The quantitative estimate of drug-likeness (QED) is 0.678. The highest BCUT2D eigenvalue weighted by Gasteiger charge is 2.47. The Hall–Kier alpha value is -2.99. The van der Waals surface area contributed by atoms with Gasteiger partial charge in [-0.1, -0.05) is 17.7 Å². The molecular formula is C21H17ClO6. The molecule has 0 saturated heterocycles. The molecule has 2 aromatic carbocycles. The molecule has 0 spiro atoms. The number of rotatable bonds is 5. The minimum atomic E-state index is -1.25. The summed E-state index contributed by atoms with van der Waals surface area (Å²) in [6, 6.07) is 11.3. The van der Waals surface area contributed by atoms with Crippen molar-refractivity contribution < 1.29 is 23.8 Å². The summed E-state index contributed by atoms with van der Waals surface area (Å²) in [5.74, 6) is -0.0206. The van der Waals surface area contributed by atoms with E-state index in [0.29, 0.717) is 45.9 Å². The molecule has 4 rings (SSSR count). The standard InChI is InChI=1S/C21H17ClO6/c1-26-16-7-6-12(10-18(16)28-21(20(24)25)8-3-9-21)17-11-15(23)13-4-2-5-14(22)19(13)27-17/h2,4-7,10-11H,3,8-9H2,1H3,(H,24,25). The molecule has 1 aromatic heterocycles. The monoisotopic (exact) mass is 400 g/mol. The number of ether oxygens (including phenoxy) is 2. The minimum Gasteiger partial charge on any atom is -0.493 e. The van der Waals surface area contributed by atoms with E-state index < -0.39 is 11.6 Å². The summed E-state index contributed by atoms with van der Waals surface area (Å²) in [7, 11) is 1.48. The van der Waals surface area contributed by atoms with Crippen LogP contribution in [0.3, 0.4) is 0 Å². The van der Waals surface area contributed by atoms with Crippen LogP contribution in [0.4, 0.5) is 0 Å². The number of fused-ring (bicyclic) bond motifs is 1. The Morgan fingerprint density at radius 3 is 2.61 bits per heavy atom. The van der Waals surface area contributed by atoms with Crippen LogP contribution in [0.25, 0.3) is 22.3 Å². The number of benzene rings is 2. The van der Waals surface area contributed by atoms with Gasteiger partial charge in [0.1, 0.15) is 5.76 Å². The summed E-state index contributed by atoms with van der Waals surface area (Å²) in [6.45, 7) is 0. The maximum absolute atomic E-state index is 12.5. The van der Waals surface area contributed by atoms with Crippen LogP contribution in [0, 0.1) is 0 Å². The number of halogens is 1. The van der Waals surface area contributed by atoms with E-state index in [1.54, 1.807) is 36.4 Å². The van der Waals surface area contributed by atoms with Crippen molar-refractivity contribution in [3.8, 4) is 22.8 Å². The number of aliphatic carboxylic acids is 1. The topological polar surface area (TPSA) is 86.0 Å². The predicted octanol–water partition coefficient (Wildman–Crippen LogP) is 4.51. The lowest BCUT2D eigenvalue weighted by Crippen LogP contribution is -2.50. The zero-order valence-electron chi connectivity index (χ0n) is 15.0. The van der Waals surface area contributed by atoms with Gasteiger partial charge in [0.05, 0.1) is 17.5 Å². The van der Waals surface area contributed by atoms with Gasteiger partial charge in [0.15, 0.2) is 22.5 Å². The van der Waals surface area contributed by atoms with Crippen LogP contribution in [-0.4, -0.2) is 23.8 Å². The van der Waals surface area contributed by atoms with Crippen LogP contribution in [0.15, 0.2) is 51.7 Å². The molecule has 6 nitrogen and oxygen atoms in total. The van der Waals surface area contributed by atoms with E-state index in [2.05, 4.69) is 0 Å². The van der Waals surface area contributed by atoms with Gasteiger partial charge in [-0.25, -0.2) is 4.79 Å². The fourth-order valence-electron chi connectivity index (χ4n) is 3.26. The summed E-state index contributed by atoms with van der Waals surface area (Å²) in [6.07, 6.45) is 1.64. The molecule has 1 aliphatic rings. The number of para-hydroxylation sites is 1. The molecule has 1 saturated carbocycles. The third-order valence-corrected chi connectivity index (χ3v) is 5.31. The zero-order chi connectivity index (χ0) is 19.9. The van der Waals surface area contributed by atoms with Gasteiger partial charge >= 0.3 is 5.97 Å². The molecular weight excluding hydrogens is 384 g/mol. The molecule has 0 unspecified atom stereocenters. The van der Waals surface area contributed by atoms with Crippen molar-refractivity contribution in [2.45, 2.75) is 24.9 Å². The molecule has 28 heavy (non-hydrogen) atoms. The molecule has 0 amide bonds. The van der Waals surface area contributed by atoms with E-state index in [-0.39, 0.29) is 11.2 Å². The molecule has 0 radical (unpaired) electrons. The van der Waals surface area contributed by atoms with Gasteiger partial charge in [-0.2, -0.15) is 0 Å². The maximum atomic E-state index is 12.5. The number of hydrogen-bond acceptors (Lipinski definition) is 5. The van der Waals surface area contributed by atoms with Crippen molar-refractivity contribution in [2.75, 3.05) is 7.11 Å². The van der Waals surface area contributed by atoms with Gasteiger partial charge in [0, 0.05) is 11.6 Å². The Morgan fingerprint density at radius 1 is 1.18 bits per heavy atom. The van der Waals surface area contributed by atoms with Gasteiger partial charge in [0.25, 0.3) is 0 Å². The third-order valence-electron chi connectivity index (χ3n) is 5.01. The first-order valence-corrected chi connectivity index (χ1v) is 9.14. The van der Waals surface area contributed by atoms with Crippen molar-refractivity contribution in [2.24, 2.45) is 0 Å². The summed E-state index contributed by atoms with van der Waals surface area (Å²) in [4.78, 5) is 24.1. The lowest BCUT2D eigenvalue weighted by atomic mass is 9.80. The minimum absolute atomic E-state index is 0.224. The molecule has 0 bridgehead atoms. The highest BCUT2D eigenvalue weighted by molar-refractivity contribution is 6.34. The second kappa shape index (κ2) is 6.87. The Kier molecular flexibility index (Phi) is 4.51. The normalized spacial score (nSPS) is 15.1. The Balaban J connectivity index is 1.81. The summed E-state index contributed by atoms with van der Waals surface area (Å²) >= 11 is 6.17. The van der Waals surface area contributed by atoms with Gasteiger partial charge < -0.3 is 19.0 Å². The lowest BCUT2D eigenvalue weighted by molar-refractivity contribution is -0.163. The number of hydrogen-bond donors (Lipinski definition) is 1. The maximum Gasteiger partial charge on any atom is 0.348 e. The Bertz CT molecular complexity index is 1130. The van der Waals surface area contributed by atoms with Crippen LogP contribution in [0.1, 0.15) is 19.3 Å². The molecule has 1 heterocycles. The highest BCUT2D eigenvalue weighted by atomic mass is 35.5. The largest absolute Gasteiger partial charge is 0.493 e. The fraction of sp³-hybridized carbons (Fsp3) is 0.238. The summed E-state index contributed by atoms with van der Waals surface area (Å²) in [5.41, 5.74) is -0.627. The molecule has 0 aliphatic heterocycles. The first-order valence-electron chi connectivity index (χ1n) is 8.77. The van der Waals surface area contributed by atoms with Crippen molar-refractivity contribution in [1.82, 2.24) is 0 Å². The molecule has 7 heteroatoms. The number of carboxylic acid groups (broad SMARTS) is 1. The fourth-order valence-corrected chi connectivity index (χ4v) is 3.48. The smallest absolute Gasteiger partial charge is 0.348 e. The second-order valence-electron chi connectivity index (χ2n) is 6.71. The Labute approximate surface area is 165 Å². The van der Waals surface area contributed by atoms with Crippen LogP contribution in [0.5, 0.6) is 11.5 Å². The molecule has 3 aromatic rings. The molecule has 144 valence electrons. The van der Waals surface area contributed by atoms with E-state index in [1.807, 2.05) is 0 Å². The van der Waals surface area contributed by atoms with E-state index in [1.165, 1.54) is 13.2 Å². The van der Waals surface area contributed by atoms with Crippen LogP contribution in [0.2, 0.25) is 5.02 Å². The van der Waals surface area contributed by atoms with Crippen molar-refractivity contribution in [3.05, 3.63) is 57.7 Å². The highest BCUT2D eigenvalue weighted by Crippen LogP contribution is 2.41. The van der Waals surface area contributed by atoms with Crippen molar-refractivity contribution in [3.63, 3.8) is 0 Å². The molecule has 0 atom stereocenters. The van der Waals surface area contributed by atoms with Crippen LogP contribution < -0.4 is 14.9 Å². The predicted molar refractivity (Wildman–Crippen MR) is 104 cm³/mol. The third kappa shape index (κ3) is 2.99. The molecule has 1 aliphatic carbocycles. The SMILES string of the molecule is COc1ccc(-c2cc(=O)c3cccc(Cl)c3o2)cc1OC1(C(=O)O)CCC1. The van der Waals surface area contributed by atoms with Gasteiger partial charge in [-0.15, -0.1) is 0 Å². The summed E-state index contributed by atoms with van der Waals surface area (Å²) in [5, 5.41) is 10.3. The molecule has 1 N–H and O–H groups in total. The van der Waals surface area contributed by atoms with E-state index >= 15 is 0 Å². The first kappa shape index (κ1) is 18.4.